The van der Waals surface area contributed by atoms with E-state index in [0.717, 1.165) is 0 Å². The third kappa shape index (κ3) is 3.62. The second-order valence-corrected chi connectivity index (χ2v) is 5.20. The molecule has 104 valence electrons. The molecule has 2 amide bonds. The highest BCUT2D eigenvalue weighted by atomic mass is 16.4. The van der Waals surface area contributed by atoms with Crippen LogP contribution < -0.4 is 0 Å². The van der Waals surface area contributed by atoms with Gasteiger partial charge in [0.15, 0.2) is 0 Å². The van der Waals surface area contributed by atoms with Crippen molar-refractivity contribution in [2.45, 2.75) is 52.1 Å². The second kappa shape index (κ2) is 6.07. The van der Waals surface area contributed by atoms with Crippen LogP contribution in [0, 0.1) is 5.92 Å². The molecule has 1 rings (SSSR count). The smallest absolute Gasteiger partial charge is 0.320 e. The molecule has 0 aliphatic heterocycles. The van der Waals surface area contributed by atoms with Gasteiger partial charge in [0.05, 0.1) is 6.42 Å². The van der Waals surface area contributed by atoms with Crippen LogP contribution in [0.2, 0.25) is 0 Å². The Balaban J connectivity index is 2.62. The third-order valence-electron chi connectivity index (χ3n) is 3.81. The van der Waals surface area contributed by atoms with Gasteiger partial charge >= 0.3 is 12.0 Å². The van der Waals surface area contributed by atoms with Crippen molar-refractivity contribution in [1.29, 1.82) is 0 Å². The molecule has 0 aromatic heterocycles. The number of urea groups is 1. The average Bonchev–Trinajstić information content (AvgIpc) is 3.10. The fourth-order valence-corrected chi connectivity index (χ4v) is 2.27. The minimum absolute atomic E-state index is 0.00870. The zero-order valence-electron chi connectivity index (χ0n) is 11.7. The maximum Gasteiger partial charge on any atom is 0.320 e. The number of carbonyl (C=O) groups is 2. The Morgan fingerprint density at radius 1 is 1.33 bits per heavy atom. The molecule has 0 heterocycles. The van der Waals surface area contributed by atoms with Gasteiger partial charge in [0.25, 0.3) is 0 Å². The summed E-state index contributed by atoms with van der Waals surface area (Å²) in [6, 6.07) is -0.0944. The predicted molar refractivity (Wildman–Crippen MR) is 69.4 cm³/mol. The number of rotatable bonds is 6. The van der Waals surface area contributed by atoms with Gasteiger partial charge in [0.2, 0.25) is 0 Å². The minimum Gasteiger partial charge on any atom is -0.481 e. The van der Waals surface area contributed by atoms with Gasteiger partial charge in [-0.2, -0.15) is 0 Å². The number of nitrogens with zero attached hydrogens (tertiary/aromatic N) is 2. The normalized spacial score (nSPS) is 18.0. The molecule has 0 bridgehead atoms. The highest BCUT2D eigenvalue weighted by Gasteiger charge is 2.34. The SMILES string of the molecule is CCN(C(=O)N(C)C(C)C1CC1)C(C)CC(=O)O. The molecule has 5 nitrogen and oxygen atoms in total. The molecule has 18 heavy (non-hydrogen) atoms. The fourth-order valence-electron chi connectivity index (χ4n) is 2.27. The Morgan fingerprint density at radius 3 is 2.28 bits per heavy atom. The van der Waals surface area contributed by atoms with Gasteiger partial charge in [-0.1, -0.05) is 0 Å². The van der Waals surface area contributed by atoms with Crippen LogP contribution in [-0.2, 0) is 4.79 Å². The van der Waals surface area contributed by atoms with Crippen molar-refractivity contribution in [3.8, 4) is 0 Å². The maximum atomic E-state index is 12.3. The Morgan fingerprint density at radius 2 is 1.89 bits per heavy atom. The molecule has 0 radical (unpaired) electrons. The van der Waals surface area contributed by atoms with E-state index in [2.05, 4.69) is 6.92 Å². The lowest BCUT2D eigenvalue weighted by Crippen LogP contribution is -2.49. The van der Waals surface area contributed by atoms with Gasteiger partial charge in [0, 0.05) is 25.7 Å². The van der Waals surface area contributed by atoms with Crippen molar-refractivity contribution >= 4 is 12.0 Å². The molecule has 5 heteroatoms. The van der Waals surface area contributed by atoms with Gasteiger partial charge in [-0.05, 0) is 39.5 Å². The van der Waals surface area contributed by atoms with E-state index in [4.69, 9.17) is 5.11 Å². The van der Waals surface area contributed by atoms with Gasteiger partial charge in [0.1, 0.15) is 0 Å². The van der Waals surface area contributed by atoms with Crippen molar-refractivity contribution in [1.82, 2.24) is 9.80 Å². The highest BCUT2D eigenvalue weighted by Crippen LogP contribution is 2.35. The molecule has 1 aliphatic rings. The first-order valence-corrected chi connectivity index (χ1v) is 6.63. The number of hydrogen-bond donors (Lipinski definition) is 1. The van der Waals surface area contributed by atoms with Crippen LogP contribution in [0.3, 0.4) is 0 Å². The summed E-state index contributed by atoms with van der Waals surface area (Å²) in [5.41, 5.74) is 0. The average molecular weight is 256 g/mol. The molecule has 0 aromatic carbocycles. The number of carboxylic acids is 1. The van der Waals surface area contributed by atoms with Gasteiger partial charge < -0.3 is 14.9 Å². The van der Waals surface area contributed by atoms with E-state index >= 15 is 0 Å². The summed E-state index contributed by atoms with van der Waals surface area (Å²) in [6.07, 6.45) is 2.37. The van der Waals surface area contributed by atoms with E-state index in [9.17, 15) is 9.59 Å². The van der Waals surface area contributed by atoms with E-state index in [0.29, 0.717) is 12.5 Å². The molecule has 0 saturated heterocycles. The lowest BCUT2D eigenvalue weighted by Gasteiger charge is -2.34. The Labute approximate surface area is 109 Å². The van der Waals surface area contributed by atoms with Crippen LogP contribution in [-0.4, -0.2) is 52.6 Å². The molecule has 2 unspecified atom stereocenters. The van der Waals surface area contributed by atoms with Crippen LogP contribution >= 0.6 is 0 Å². The fraction of sp³-hybridized carbons (Fsp3) is 0.846. The first-order chi connectivity index (χ1) is 8.38. The largest absolute Gasteiger partial charge is 0.481 e. The molecule has 1 aliphatic carbocycles. The summed E-state index contributed by atoms with van der Waals surface area (Å²) < 4.78 is 0. The summed E-state index contributed by atoms with van der Waals surface area (Å²) in [7, 11) is 1.81. The Hall–Kier alpha value is -1.26. The van der Waals surface area contributed by atoms with Gasteiger partial charge in [-0.15, -0.1) is 0 Å². The number of carbonyl (C=O) groups excluding carboxylic acids is 1. The molecule has 1 N–H and O–H groups in total. The van der Waals surface area contributed by atoms with Crippen LogP contribution in [0.25, 0.3) is 0 Å². The summed E-state index contributed by atoms with van der Waals surface area (Å²) in [5, 5.41) is 8.80. The van der Waals surface area contributed by atoms with Crippen molar-refractivity contribution in [2.24, 2.45) is 5.92 Å². The molecule has 0 aromatic rings. The second-order valence-electron chi connectivity index (χ2n) is 5.20. The van der Waals surface area contributed by atoms with Crippen molar-refractivity contribution in [2.75, 3.05) is 13.6 Å². The monoisotopic (exact) mass is 256 g/mol. The highest BCUT2D eigenvalue weighted by molar-refractivity contribution is 5.76. The minimum atomic E-state index is -0.869. The first kappa shape index (κ1) is 14.8. The van der Waals surface area contributed by atoms with E-state index in [1.165, 1.54) is 12.8 Å². The summed E-state index contributed by atoms with van der Waals surface area (Å²) in [6.45, 7) is 6.26. The molecule has 1 fully saturated rings. The third-order valence-corrected chi connectivity index (χ3v) is 3.81. The van der Waals surface area contributed by atoms with E-state index in [1.807, 2.05) is 14.0 Å². The standard InChI is InChI=1S/C13H24N2O3/c1-5-15(9(2)8-12(16)17)13(18)14(4)10(3)11-6-7-11/h9-11H,5-8H2,1-4H3,(H,16,17). The zero-order valence-corrected chi connectivity index (χ0v) is 11.7. The molecular formula is C13H24N2O3. The lowest BCUT2D eigenvalue weighted by molar-refractivity contribution is -0.138. The van der Waals surface area contributed by atoms with E-state index < -0.39 is 5.97 Å². The number of amides is 2. The Bertz CT molecular complexity index is 315. The summed E-state index contributed by atoms with van der Waals surface area (Å²) >= 11 is 0. The van der Waals surface area contributed by atoms with E-state index in [1.54, 1.807) is 16.7 Å². The first-order valence-electron chi connectivity index (χ1n) is 6.63. The molecule has 1 saturated carbocycles. The molecular weight excluding hydrogens is 232 g/mol. The van der Waals surface area contributed by atoms with Crippen molar-refractivity contribution < 1.29 is 14.7 Å². The maximum absolute atomic E-state index is 12.3. The van der Waals surface area contributed by atoms with Crippen LogP contribution in [0.4, 0.5) is 4.79 Å². The molecule has 2 atom stereocenters. The van der Waals surface area contributed by atoms with Gasteiger partial charge in [-0.3, -0.25) is 4.79 Å². The topological polar surface area (TPSA) is 60.9 Å². The zero-order chi connectivity index (χ0) is 13.9. The lowest BCUT2D eigenvalue weighted by atomic mass is 10.2. The number of carboxylic acid groups (broad SMARTS) is 1. The summed E-state index contributed by atoms with van der Waals surface area (Å²) in [5.74, 6) is -0.251. The number of aliphatic carboxylic acids is 1. The van der Waals surface area contributed by atoms with Crippen molar-refractivity contribution in [3.63, 3.8) is 0 Å². The number of hydrogen-bond acceptors (Lipinski definition) is 2. The van der Waals surface area contributed by atoms with Crippen LogP contribution in [0.1, 0.15) is 40.0 Å². The van der Waals surface area contributed by atoms with Crippen LogP contribution in [0.5, 0.6) is 0 Å². The quantitative estimate of drug-likeness (QED) is 0.791. The van der Waals surface area contributed by atoms with Gasteiger partial charge in [-0.25, -0.2) is 4.79 Å². The Kier molecular flexibility index (Phi) is 4.99. The van der Waals surface area contributed by atoms with Crippen molar-refractivity contribution in [3.05, 3.63) is 0 Å². The predicted octanol–water partition coefficient (Wildman–Crippen LogP) is 2.02. The molecule has 0 spiro atoms. The van der Waals surface area contributed by atoms with E-state index in [-0.39, 0.29) is 24.5 Å². The van der Waals surface area contributed by atoms with Crippen LogP contribution in [0.15, 0.2) is 0 Å². The summed E-state index contributed by atoms with van der Waals surface area (Å²) in [4.78, 5) is 26.4.